The van der Waals surface area contributed by atoms with Gasteiger partial charge in [-0.25, -0.2) is 0 Å². The molecule has 1 aromatic heterocycles. The first-order valence-corrected chi connectivity index (χ1v) is 8.30. The van der Waals surface area contributed by atoms with Gasteiger partial charge in [-0.05, 0) is 36.0 Å². The third kappa shape index (κ3) is 2.90. The van der Waals surface area contributed by atoms with Crippen LogP contribution < -0.4 is 4.74 Å². The summed E-state index contributed by atoms with van der Waals surface area (Å²) in [6.45, 7) is 2.37. The second-order valence-electron chi connectivity index (χ2n) is 6.77. The van der Waals surface area contributed by atoms with E-state index in [1.54, 1.807) is 13.2 Å². The number of aromatic hydroxyl groups is 1. The van der Waals surface area contributed by atoms with Crippen molar-refractivity contribution in [3.05, 3.63) is 30.0 Å². The van der Waals surface area contributed by atoms with Crippen LogP contribution in [0.2, 0.25) is 0 Å². The summed E-state index contributed by atoms with van der Waals surface area (Å²) < 4.78 is 5.22. The Morgan fingerprint density at radius 2 is 1.73 bits per heavy atom. The Morgan fingerprint density at radius 3 is 2.41 bits per heavy atom. The van der Waals surface area contributed by atoms with Gasteiger partial charge in [-0.1, -0.05) is 39.0 Å². The molecule has 118 valence electrons. The molecule has 1 aliphatic rings. The van der Waals surface area contributed by atoms with E-state index in [2.05, 4.69) is 18.0 Å². The van der Waals surface area contributed by atoms with Crippen molar-refractivity contribution in [3.8, 4) is 11.5 Å². The molecule has 1 aromatic carbocycles. The molecule has 0 amide bonds. The van der Waals surface area contributed by atoms with Crippen molar-refractivity contribution in [2.75, 3.05) is 7.11 Å². The average Bonchev–Trinajstić information content (AvgIpc) is 2.50. The summed E-state index contributed by atoms with van der Waals surface area (Å²) in [5, 5.41) is 10.9. The molecule has 3 nitrogen and oxygen atoms in total. The van der Waals surface area contributed by atoms with Crippen molar-refractivity contribution in [3.63, 3.8) is 0 Å². The highest BCUT2D eigenvalue weighted by atomic mass is 16.5. The maximum atomic E-state index is 9.88. The number of rotatable bonds is 2. The highest BCUT2D eigenvalue weighted by Crippen LogP contribution is 2.39. The average molecular weight is 299 g/mol. The van der Waals surface area contributed by atoms with Gasteiger partial charge >= 0.3 is 0 Å². The minimum atomic E-state index is 0.146. The number of nitrogens with zero attached hydrogens (tertiary/aromatic N) is 1. The van der Waals surface area contributed by atoms with Crippen molar-refractivity contribution in [1.29, 1.82) is 0 Å². The van der Waals surface area contributed by atoms with E-state index in [-0.39, 0.29) is 11.2 Å². The van der Waals surface area contributed by atoms with Crippen LogP contribution in [0.15, 0.2) is 24.4 Å². The number of aromatic nitrogens is 1. The van der Waals surface area contributed by atoms with Crippen molar-refractivity contribution >= 4 is 10.9 Å². The predicted molar refractivity (Wildman–Crippen MR) is 89.6 cm³/mol. The molecule has 3 rings (SSSR count). The van der Waals surface area contributed by atoms with Gasteiger partial charge in [-0.2, -0.15) is 0 Å². The standard InChI is InChI=1S/C19H25NO2/c1-19(8-6-4-3-5-7-9-19)15-10-14-11-18(22-2)17(21)12-16(14)20-13-15/h10-13,21H,3-9H2,1-2H3. The van der Waals surface area contributed by atoms with Crippen molar-refractivity contribution in [1.82, 2.24) is 4.98 Å². The Hall–Kier alpha value is -1.77. The van der Waals surface area contributed by atoms with Gasteiger partial charge < -0.3 is 9.84 Å². The zero-order valence-electron chi connectivity index (χ0n) is 13.6. The first-order chi connectivity index (χ1) is 10.6. The smallest absolute Gasteiger partial charge is 0.161 e. The van der Waals surface area contributed by atoms with Crippen LogP contribution in [0.5, 0.6) is 11.5 Å². The van der Waals surface area contributed by atoms with E-state index in [0.717, 1.165) is 10.9 Å². The molecule has 0 bridgehead atoms. The summed E-state index contributed by atoms with van der Waals surface area (Å²) in [7, 11) is 1.58. The largest absolute Gasteiger partial charge is 0.504 e. The van der Waals surface area contributed by atoms with E-state index in [1.165, 1.54) is 50.5 Å². The lowest BCUT2D eigenvalue weighted by Gasteiger charge is -2.32. The molecule has 22 heavy (non-hydrogen) atoms. The van der Waals surface area contributed by atoms with E-state index in [4.69, 9.17) is 4.74 Å². The maximum Gasteiger partial charge on any atom is 0.161 e. The van der Waals surface area contributed by atoms with E-state index in [0.29, 0.717) is 5.75 Å². The second kappa shape index (κ2) is 6.15. The van der Waals surface area contributed by atoms with E-state index < -0.39 is 0 Å². The van der Waals surface area contributed by atoms with Crippen molar-refractivity contribution in [2.24, 2.45) is 0 Å². The van der Waals surface area contributed by atoms with Crippen LogP contribution in [0.25, 0.3) is 10.9 Å². The van der Waals surface area contributed by atoms with E-state index in [9.17, 15) is 5.11 Å². The predicted octanol–water partition coefficient (Wildman–Crippen LogP) is 4.95. The van der Waals surface area contributed by atoms with E-state index in [1.807, 2.05) is 12.3 Å². The molecule has 3 heteroatoms. The van der Waals surface area contributed by atoms with Crippen LogP contribution in [0.4, 0.5) is 0 Å². The number of hydrogen-bond donors (Lipinski definition) is 1. The van der Waals surface area contributed by atoms with E-state index >= 15 is 0 Å². The maximum absolute atomic E-state index is 9.88. The summed E-state index contributed by atoms with van der Waals surface area (Å²) in [5.74, 6) is 0.654. The number of pyridine rings is 1. The lowest BCUT2D eigenvalue weighted by molar-refractivity contribution is 0.340. The van der Waals surface area contributed by atoms with Gasteiger partial charge in [0.25, 0.3) is 0 Å². The number of hydrogen-bond acceptors (Lipinski definition) is 3. The van der Waals surface area contributed by atoms with Crippen LogP contribution in [0.1, 0.15) is 57.4 Å². The molecule has 1 saturated carbocycles. The molecule has 1 N–H and O–H groups in total. The first-order valence-electron chi connectivity index (χ1n) is 8.30. The quantitative estimate of drug-likeness (QED) is 0.853. The third-order valence-electron chi connectivity index (χ3n) is 5.14. The molecule has 1 heterocycles. The number of phenols is 1. The van der Waals surface area contributed by atoms with Crippen LogP contribution >= 0.6 is 0 Å². The third-order valence-corrected chi connectivity index (χ3v) is 5.14. The molecular weight excluding hydrogens is 274 g/mol. The Morgan fingerprint density at radius 1 is 1.05 bits per heavy atom. The number of phenolic OH excluding ortho intramolecular Hbond substituents is 1. The summed E-state index contributed by atoms with van der Waals surface area (Å²) in [4.78, 5) is 4.58. The highest BCUT2D eigenvalue weighted by Gasteiger charge is 2.27. The van der Waals surface area contributed by atoms with Gasteiger partial charge in [-0.15, -0.1) is 0 Å². The molecular formula is C19H25NO2. The van der Waals surface area contributed by atoms with Crippen LogP contribution in [-0.2, 0) is 5.41 Å². The fraction of sp³-hybridized carbons (Fsp3) is 0.526. The van der Waals surface area contributed by atoms with Gasteiger partial charge in [0.05, 0.1) is 12.6 Å². The Bertz CT molecular complexity index is 658. The Kier molecular flexibility index (Phi) is 4.23. The van der Waals surface area contributed by atoms with Gasteiger partial charge in [0.15, 0.2) is 11.5 Å². The van der Waals surface area contributed by atoms with Crippen LogP contribution in [0, 0.1) is 0 Å². The topological polar surface area (TPSA) is 42.4 Å². The molecule has 1 fully saturated rings. The molecule has 0 saturated heterocycles. The van der Waals surface area contributed by atoms with Crippen LogP contribution in [-0.4, -0.2) is 17.2 Å². The molecule has 2 aromatic rings. The normalized spacial score (nSPS) is 18.6. The lowest BCUT2D eigenvalue weighted by atomic mass is 9.73. The minimum absolute atomic E-state index is 0.146. The summed E-state index contributed by atoms with van der Waals surface area (Å²) in [6.07, 6.45) is 11.1. The minimum Gasteiger partial charge on any atom is -0.504 e. The lowest BCUT2D eigenvalue weighted by Crippen LogP contribution is -2.23. The highest BCUT2D eigenvalue weighted by molar-refractivity contribution is 5.83. The second-order valence-corrected chi connectivity index (χ2v) is 6.77. The fourth-order valence-corrected chi connectivity index (χ4v) is 3.61. The van der Waals surface area contributed by atoms with Gasteiger partial charge in [0.1, 0.15) is 0 Å². The summed E-state index contributed by atoms with van der Waals surface area (Å²) in [6, 6.07) is 5.79. The SMILES string of the molecule is COc1cc2cc(C3(C)CCCCCCC3)cnc2cc1O. The zero-order valence-corrected chi connectivity index (χ0v) is 13.6. The fourth-order valence-electron chi connectivity index (χ4n) is 3.61. The Labute approximate surface area is 132 Å². The molecule has 0 aliphatic heterocycles. The molecule has 0 spiro atoms. The van der Waals surface area contributed by atoms with Crippen LogP contribution in [0.3, 0.4) is 0 Å². The summed E-state index contributed by atoms with van der Waals surface area (Å²) in [5.41, 5.74) is 2.35. The zero-order chi connectivity index (χ0) is 15.6. The van der Waals surface area contributed by atoms with Crippen molar-refractivity contribution < 1.29 is 9.84 Å². The molecule has 1 aliphatic carbocycles. The van der Waals surface area contributed by atoms with Gasteiger partial charge in [0, 0.05) is 17.6 Å². The summed E-state index contributed by atoms with van der Waals surface area (Å²) >= 11 is 0. The van der Waals surface area contributed by atoms with Gasteiger partial charge in [-0.3, -0.25) is 4.98 Å². The molecule has 0 radical (unpaired) electrons. The number of fused-ring (bicyclic) bond motifs is 1. The van der Waals surface area contributed by atoms with Crippen molar-refractivity contribution in [2.45, 2.75) is 57.3 Å². The first kappa shape index (κ1) is 15.1. The number of methoxy groups -OCH3 is 1. The number of benzene rings is 1. The molecule has 0 unspecified atom stereocenters. The monoisotopic (exact) mass is 299 g/mol. The number of ether oxygens (including phenoxy) is 1. The Balaban J connectivity index is 2.00. The molecule has 0 atom stereocenters. The van der Waals surface area contributed by atoms with Gasteiger partial charge in [0.2, 0.25) is 0 Å².